The van der Waals surface area contributed by atoms with Crippen LogP contribution < -0.4 is 5.32 Å². The smallest absolute Gasteiger partial charge is 0.250 e. The Morgan fingerprint density at radius 1 is 0.970 bits per heavy atom. The number of carbonyl (C=O) groups excluding carboxylic acids is 1. The fourth-order valence-electron chi connectivity index (χ4n) is 3.39. The fraction of sp³-hybridized carbons (Fsp3) is 0. The van der Waals surface area contributed by atoms with Crippen molar-refractivity contribution in [2.24, 2.45) is 0 Å². The second-order valence-electron chi connectivity index (χ2n) is 7.25. The van der Waals surface area contributed by atoms with Gasteiger partial charge in [-0.1, -0.05) is 59.6 Å². The third kappa shape index (κ3) is 4.86. The zero-order chi connectivity index (χ0) is 22.8. The first-order chi connectivity index (χ1) is 16.0. The van der Waals surface area contributed by atoms with Gasteiger partial charge in [-0.15, -0.1) is 11.3 Å². The number of carbonyl (C=O) groups is 1. The maximum absolute atomic E-state index is 12.4. The summed E-state index contributed by atoms with van der Waals surface area (Å²) < 4.78 is 5.78. The van der Waals surface area contributed by atoms with Gasteiger partial charge in [-0.3, -0.25) is 10.1 Å². The number of anilines is 1. The average molecular weight is 491 g/mol. The van der Waals surface area contributed by atoms with E-state index in [9.17, 15) is 4.79 Å². The zero-order valence-corrected chi connectivity index (χ0v) is 19.4. The van der Waals surface area contributed by atoms with Crippen molar-refractivity contribution >= 4 is 62.4 Å². The molecule has 5 aromatic rings. The molecule has 3 aromatic carbocycles. The van der Waals surface area contributed by atoms with Gasteiger partial charge >= 0.3 is 0 Å². The second-order valence-corrected chi connectivity index (χ2v) is 8.95. The summed E-state index contributed by atoms with van der Waals surface area (Å²) >= 11 is 13.6. The topological polar surface area (TPSA) is 55.1 Å². The maximum atomic E-state index is 12.4. The van der Waals surface area contributed by atoms with Crippen LogP contribution in [0.15, 0.2) is 88.7 Å². The predicted octanol–water partition coefficient (Wildman–Crippen LogP) is 8.18. The van der Waals surface area contributed by atoms with Crippen LogP contribution in [0.5, 0.6) is 0 Å². The molecule has 0 spiro atoms. The molecule has 2 heterocycles. The summed E-state index contributed by atoms with van der Waals surface area (Å²) in [5.74, 6) is 0.829. The minimum atomic E-state index is -0.295. The van der Waals surface area contributed by atoms with Crippen molar-refractivity contribution in [1.29, 1.82) is 0 Å². The SMILES string of the molecule is O=C(/C=C/c1ccc(-c2ccc(Cl)cc2Cl)o1)Nc1nc(-c2ccc3ccccc3c2)cs1. The van der Waals surface area contributed by atoms with E-state index in [0.717, 1.165) is 22.2 Å². The van der Waals surface area contributed by atoms with E-state index in [4.69, 9.17) is 27.6 Å². The first-order valence-corrected chi connectivity index (χ1v) is 11.7. The summed E-state index contributed by atoms with van der Waals surface area (Å²) in [6, 6.07) is 23.1. The Morgan fingerprint density at radius 3 is 2.67 bits per heavy atom. The Bertz CT molecular complexity index is 1500. The molecular formula is C26H16Cl2N2O2S. The summed E-state index contributed by atoms with van der Waals surface area (Å²) in [6.07, 6.45) is 3.00. The van der Waals surface area contributed by atoms with Crippen LogP contribution >= 0.6 is 34.5 Å². The first kappa shape index (κ1) is 21.5. The first-order valence-electron chi connectivity index (χ1n) is 10.0. The molecule has 33 heavy (non-hydrogen) atoms. The Hall–Kier alpha value is -3.38. The summed E-state index contributed by atoms with van der Waals surface area (Å²) in [7, 11) is 0. The van der Waals surface area contributed by atoms with E-state index in [2.05, 4.69) is 34.6 Å². The highest BCUT2D eigenvalue weighted by Gasteiger charge is 2.10. The molecule has 162 valence electrons. The molecule has 1 amide bonds. The van der Waals surface area contributed by atoms with Crippen LogP contribution in [0, 0.1) is 0 Å². The summed E-state index contributed by atoms with van der Waals surface area (Å²) in [5.41, 5.74) is 2.56. The van der Waals surface area contributed by atoms with Crippen LogP contribution in [0.1, 0.15) is 5.76 Å². The van der Waals surface area contributed by atoms with E-state index in [1.807, 2.05) is 23.6 Å². The normalized spacial score (nSPS) is 11.3. The number of nitrogens with zero attached hydrogens (tertiary/aromatic N) is 1. The molecule has 4 nitrogen and oxygen atoms in total. The average Bonchev–Trinajstić information content (AvgIpc) is 3.47. The van der Waals surface area contributed by atoms with Gasteiger partial charge in [-0.2, -0.15) is 0 Å². The third-order valence-corrected chi connectivity index (χ3v) is 6.31. The Morgan fingerprint density at radius 2 is 1.82 bits per heavy atom. The van der Waals surface area contributed by atoms with Crippen LogP contribution in [0.3, 0.4) is 0 Å². The van der Waals surface area contributed by atoms with E-state index in [-0.39, 0.29) is 5.91 Å². The number of halogens is 2. The quantitative estimate of drug-likeness (QED) is 0.252. The van der Waals surface area contributed by atoms with E-state index in [1.165, 1.54) is 22.8 Å². The van der Waals surface area contributed by atoms with Gasteiger partial charge in [0.1, 0.15) is 11.5 Å². The van der Waals surface area contributed by atoms with E-state index < -0.39 is 0 Å². The number of benzene rings is 3. The number of aromatic nitrogens is 1. The van der Waals surface area contributed by atoms with Crippen LogP contribution in [0.2, 0.25) is 10.0 Å². The van der Waals surface area contributed by atoms with Gasteiger partial charge in [-0.25, -0.2) is 4.98 Å². The summed E-state index contributed by atoms with van der Waals surface area (Å²) in [5, 5.41) is 8.63. The van der Waals surface area contributed by atoms with Crippen LogP contribution in [0.25, 0.3) is 39.4 Å². The number of furan rings is 1. The highest BCUT2D eigenvalue weighted by molar-refractivity contribution is 7.14. The van der Waals surface area contributed by atoms with Crippen molar-refractivity contribution in [2.45, 2.75) is 0 Å². The van der Waals surface area contributed by atoms with Gasteiger partial charge in [0.2, 0.25) is 5.91 Å². The van der Waals surface area contributed by atoms with Crippen molar-refractivity contribution < 1.29 is 9.21 Å². The lowest BCUT2D eigenvalue weighted by atomic mass is 10.1. The molecule has 0 bridgehead atoms. The highest BCUT2D eigenvalue weighted by atomic mass is 35.5. The highest BCUT2D eigenvalue weighted by Crippen LogP contribution is 2.32. The van der Waals surface area contributed by atoms with Crippen molar-refractivity contribution in [1.82, 2.24) is 4.98 Å². The number of rotatable bonds is 5. The van der Waals surface area contributed by atoms with Crippen molar-refractivity contribution in [3.63, 3.8) is 0 Å². The molecule has 7 heteroatoms. The summed E-state index contributed by atoms with van der Waals surface area (Å²) in [4.78, 5) is 16.9. The van der Waals surface area contributed by atoms with Crippen molar-refractivity contribution in [3.05, 3.63) is 100 Å². The molecule has 0 fully saturated rings. The van der Waals surface area contributed by atoms with Gasteiger partial charge in [0.05, 0.1) is 10.7 Å². The lowest BCUT2D eigenvalue weighted by Gasteiger charge is -2.01. The van der Waals surface area contributed by atoms with Crippen molar-refractivity contribution in [2.75, 3.05) is 5.32 Å². The minimum absolute atomic E-state index is 0.295. The Labute approximate surface area is 204 Å². The lowest BCUT2D eigenvalue weighted by Crippen LogP contribution is -2.07. The number of amides is 1. The number of hydrogen-bond donors (Lipinski definition) is 1. The van der Waals surface area contributed by atoms with E-state index >= 15 is 0 Å². The molecule has 2 aromatic heterocycles. The van der Waals surface area contributed by atoms with Crippen LogP contribution in [-0.4, -0.2) is 10.9 Å². The number of hydrogen-bond acceptors (Lipinski definition) is 4. The van der Waals surface area contributed by atoms with E-state index in [1.54, 1.807) is 36.4 Å². The minimum Gasteiger partial charge on any atom is -0.457 e. The monoisotopic (exact) mass is 490 g/mol. The lowest BCUT2D eigenvalue weighted by molar-refractivity contribution is -0.111. The molecule has 0 aliphatic heterocycles. The van der Waals surface area contributed by atoms with Gasteiger partial charge in [0.25, 0.3) is 0 Å². The molecule has 5 rings (SSSR count). The molecule has 0 atom stereocenters. The Balaban J connectivity index is 1.26. The molecule has 0 aliphatic rings. The standard InChI is InChI=1S/C26H16Cl2N2O2S/c27-19-7-10-21(22(28)14-19)24-11-8-20(32-24)9-12-25(31)30-26-29-23(15-33-26)18-6-5-16-3-1-2-4-17(16)13-18/h1-15H,(H,29,30,31)/b12-9+. The second kappa shape index (κ2) is 9.24. The fourth-order valence-corrected chi connectivity index (χ4v) is 4.62. The van der Waals surface area contributed by atoms with Crippen LogP contribution in [0.4, 0.5) is 5.13 Å². The van der Waals surface area contributed by atoms with Gasteiger partial charge in [0.15, 0.2) is 5.13 Å². The zero-order valence-electron chi connectivity index (χ0n) is 17.1. The number of nitrogens with one attached hydrogen (secondary N) is 1. The predicted molar refractivity (Wildman–Crippen MR) is 137 cm³/mol. The molecule has 1 N–H and O–H groups in total. The largest absolute Gasteiger partial charge is 0.457 e. The Kier molecular flexibility index (Phi) is 6.01. The van der Waals surface area contributed by atoms with Crippen LogP contribution in [-0.2, 0) is 4.79 Å². The molecule has 0 radical (unpaired) electrons. The maximum Gasteiger partial charge on any atom is 0.250 e. The van der Waals surface area contributed by atoms with Gasteiger partial charge < -0.3 is 4.42 Å². The summed E-state index contributed by atoms with van der Waals surface area (Å²) in [6.45, 7) is 0. The molecular weight excluding hydrogens is 475 g/mol. The molecule has 0 saturated carbocycles. The molecule has 0 unspecified atom stereocenters. The number of thiazole rings is 1. The molecule has 0 aliphatic carbocycles. The van der Waals surface area contributed by atoms with Gasteiger partial charge in [0, 0.05) is 27.6 Å². The van der Waals surface area contributed by atoms with Crippen molar-refractivity contribution in [3.8, 4) is 22.6 Å². The van der Waals surface area contributed by atoms with E-state index in [0.29, 0.717) is 26.7 Å². The van der Waals surface area contributed by atoms with Gasteiger partial charge in [-0.05, 0) is 53.2 Å². The number of fused-ring (bicyclic) bond motifs is 1. The molecule has 0 saturated heterocycles. The third-order valence-electron chi connectivity index (χ3n) is 5.00.